The van der Waals surface area contributed by atoms with Crippen LogP contribution in [-0.2, 0) is 39.3 Å². The molecule has 0 saturated heterocycles. The van der Waals surface area contributed by atoms with Gasteiger partial charge < -0.3 is 10.2 Å². The summed E-state index contributed by atoms with van der Waals surface area (Å²) in [4.78, 5) is 36.3. The number of benzene rings is 2. The maximum atomic E-state index is 11.7. The molecule has 254 valence electrons. The molecule has 0 bridgehead atoms. The summed E-state index contributed by atoms with van der Waals surface area (Å²) < 4.78 is 3.58. The summed E-state index contributed by atoms with van der Waals surface area (Å²) in [7, 11) is 0. The van der Waals surface area contributed by atoms with Crippen LogP contribution in [0.5, 0.6) is 0 Å². The Morgan fingerprint density at radius 2 is 0.920 bits per heavy atom. The smallest absolute Gasteiger partial charge is 0.354 e. The molecule has 2 aromatic carbocycles. The molecule has 0 atom stereocenters. The van der Waals surface area contributed by atoms with E-state index in [9.17, 15) is 19.8 Å². The van der Waals surface area contributed by atoms with Crippen LogP contribution in [0, 0.1) is 0 Å². The minimum atomic E-state index is -1.09. The summed E-state index contributed by atoms with van der Waals surface area (Å²) in [5.74, 6) is -2.19. The third-order valence-electron chi connectivity index (χ3n) is 7.87. The lowest BCUT2D eigenvalue weighted by molar-refractivity contribution is 0.0679. The van der Waals surface area contributed by atoms with Gasteiger partial charge in [0, 0.05) is 39.3 Å². The SMILES string of the molecule is O=C(O)c1cccc(CN(CCN(Cc2cn(Cc3ccccc3)nn2)Cc2cccc(C(=O)O)n2)Cc2cn(Cc3ccccc3)nn2)n1. The van der Waals surface area contributed by atoms with E-state index in [1.807, 2.05) is 73.1 Å². The quantitative estimate of drug-likeness (QED) is 0.144. The van der Waals surface area contributed by atoms with Crippen LogP contribution in [0.15, 0.2) is 109 Å². The van der Waals surface area contributed by atoms with Gasteiger partial charge in [-0.15, -0.1) is 10.2 Å². The molecule has 0 spiro atoms. The second-order valence-electron chi connectivity index (χ2n) is 11.8. The summed E-state index contributed by atoms with van der Waals surface area (Å²) in [5, 5.41) is 36.6. The van der Waals surface area contributed by atoms with Crippen LogP contribution in [-0.4, -0.2) is 85.0 Å². The van der Waals surface area contributed by atoms with Gasteiger partial charge in [0.05, 0.1) is 48.3 Å². The van der Waals surface area contributed by atoms with Crippen molar-refractivity contribution in [2.24, 2.45) is 0 Å². The number of hydrogen-bond donors (Lipinski definition) is 2. The number of carboxylic acids is 2. The molecule has 0 unspecified atom stereocenters. The van der Waals surface area contributed by atoms with Crippen LogP contribution in [0.4, 0.5) is 0 Å². The van der Waals surface area contributed by atoms with Gasteiger partial charge in [0.15, 0.2) is 0 Å². The third-order valence-corrected chi connectivity index (χ3v) is 7.87. The van der Waals surface area contributed by atoms with Crippen molar-refractivity contribution in [1.82, 2.24) is 49.8 Å². The molecule has 50 heavy (non-hydrogen) atoms. The first-order chi connectivity index (χ1) is 24.4. The highest BCUT2D eigenvalue weighted by Gasteiger charge is 2.18. The van der Waals surface area contributed by atoms with Gasteiger partial charge in [-0.3, -0.25) is 9.80 Å². The number of hydrogen-bond acceptors (Lipinski definition) is 10. The van der Waals surface area contributed by atoms with Gasteiger partial charge in [0.2, 0.25) is 0 Å². The molecular formula is C36H36N10O4. The van der Waals surface area contributed by atoms with Crippen molar-refractivity contribution >= 4 is 11.9 Å². The summed E-state index contributed by atoms with van der Waals surface area (Å²) in [6.07, 6.45) is 3.82. The van der Waals surface area contributed by atoms with E-state index in [0.717, 1.165) is 22.5 Å². The predicted molar refractivity (Wildman–Crippen MR) is 182 cm³/mol. The Bertz CT molecular complexity index is 1870. The van der Waals surface area contributed by atoms with Gasteiger partial charge >= 0.3 is 11.9 Å². The Morgan fingerprint density at radius 3 is 1.32 bits per heavy atom. The minimum absolute atomic E-state index is 0.0270. The molecule has 14 nitrogen and oxygen atoms in total. The second-order valence-corrected chi connectivity index (χ2v) is 11.8. The van der Waals surface area contributed by atoms with Crippen molar-refractivity contribution in [3.05, 3.63) is 155 Å². The third kappa shape index (κ3) is 9.71. The molecule has 4 heterocycles. The number of carboxylic acid groups (broad SMARTS) is 2. The van der Waals surface area contributed by atoms with Crippen molar-refractivity contribution in [1.29, 1.82) is 0 Å². The fourth-order valence-electron chi connectivity index (χ4n) is 5.52. The summed E-state index contributed by atoms with van der Waals surface area (Å²) in [6.45, 7) is 3.81. The maximum absolute atomic E-state index is 11.7. The Labute approximate surface area is 288 Å². The van der Waals surface area contributed by atoms with Crippen molar-refractivity contribution in [3.8, 4) is 0 Å². The van der Waals surface area contributed by atoms with E-state index in [1.165, 1.54) is 12.1 Å². The topological polar surface area (TPSA) is 168 Å². The normalized spacial score (nSPS) is 11.3. The highest BCUT2D eigenvalue weighted by Crippen LogP contribution is 2.13. The Kier molecular flexibility index (Phi) is 11.0. The van der Waals surface area contributed by atoms with Crippen molar-refractivity contribution in [2.45, 2.75) is 39.3 Å². The highest BCUT2D eigenvalue weighted by molar-refractivity contribution is 5.85. The molecule has 2 N–H and O–H groups in total. The average Bonchev–Trinajstić information content (AvgIpc) is 3.76. The number of nitrogens with zero attached hydrogens (tertiary/aromatic N) is 10. The molecule has 0 aliphatic carbocycles. The van der Waals surface area contributed by atoms with E-state index in [0.29, 0.717) is 63.7 Å². The van der Waals surface area contributed by atoms with E-state index in [4.69, 9.17) is 0 Å². The monoisotopic (exact) mass is 672 g/mol. The van der Waals surface area contributed by atoms with E-state index in [1.54, 1.807) is 33.6 Å². The lowest BCUT2D eigenvalue weighted by Gasteiger charge is -2.26. The number of rotatable bonds is 17. The lowest BCUT2D eigenvalue weighted by atomic mass is 10.2. The predicted octanol–water partition coefficient (Wildman–Crippen LogP) is 3.86. The zero-order valence-corrected chi connectivity index (χ0v) is 27.2. The highest BCUT2D eigenvalue weighted by atomic mass is 16.4. The Balaban J connectivity index is 1.21. The first-order valence-corrected chi connectivity index (χ1v) is 16.1. The second kappa shape index (κ2) is 16.3. The number of aromatic carboxylic acids is 2. The Morgan fingerprint density at radius 1 is 0.520 bits per heavy atom. The van der Waals surface area contributed by atoms with Crippen LogP contribution < -0.4 is 0 Å². The van der Waals surface area contributed by atoms with Crippen LogP contribution in [0.1, 0.15) is 54.9 Å². The van der Waals surface area contributed by atoms with Crippen molar-refractivity contribution in [2.75, 3.05) is 13.1 Å². The first-order valence-electron chi connectivity index (χ1n) is 16.1. The fourth-order valence-corrected chi connectivity index (χ4v) is 5.52. The average molecular weight is 673 g/mol. The van der Waals surface area contributed by atoms with Crippen LogP contribution in [0.3, 0.4) is 0 Å². The van der Waals surface area contributed by atoms with Crippen LogP contribution in [0.2, 0.25) is 0 Å². The lowest BCUT2D eigenvalue weighted by Crippen LogP contribution is -2.35. The molecule has 6 aromatic rings. The summed E-state index contributed by atoms with van der Waals surface area (Å²) in [5.41, 5.74) is 4.87. The standard InChI is InChI=1S/C36H36N10O4/c47-35(48)33-15-7-13-29(37-33)21-43(23-31-25-45(41-39-31)19-27-9-3-1-4-10-27)17-18-44(22-30-14-8-16-34(38-30)36(49)50)24-32-26-46(42-40-32)20-28-11-5-2-6-12-28/h1-16,25-26H,17-24H2,(H,47,48)(H,49,50). The molecule has 6 rings (SSSR count). The van der Waals surface area contributed by atoms with Gasteiger partial charge in [-0.25, -0.2) is 28.9 Å². The minimum Gasteiger partial charge on any atom is -0.477 e. The van der Waals surface area contributed by atoms with Crippen molar-refractivity contribution in [3.63, 3.8) is 0 Å². The van der Waals surface area contributed by atoms with Crippen molar-refractivity contribution < 1.29 is 19.8 Å². The number of carbonyl (C=O) groups is 2. The molecule has 0 fully saturated rings. The van der Waals surface area contributed by atoms with E-state index < -0.39 is 11.9 Å². The zero-order valence-electron chi connectivity index (χ0n) is 27.2. The van der Waals surface area contributed by atoms with Gasteiger partial charge in [-0.2, -0.15) is 0 Å². The molecular weight excluding hydrogens is 636 g/mol. The van der Waals surface area contributed by atoms with E-state index in [-0.39, 0.29) is 11.4 Å². The fraction of sp³-hybridized carbons (Fsp3) is 0.222. The zero-order chi connectivity index (χ0) is 34.7. The van der Waals surface area contributed by atoms with E-state index >= 15 is 0 Å². The number of pyridine rings is 2. The van der Waals surface area contributed by atoms with Crippen LogP contribution in [0.25, 0.3) is 0 Å². The first kappa shape index (κ1) is 33.8. The van der Waals surface area contributed by atoms with Gasteiger partial charge in [0.25, 0.3) is 0 Å². The molecule has 0 aliphatic rings. The molecule has 0 radical (unpaired) electrons. The van der Waals surface area contributed by atoms with Gasteiger partial charge in [0.1, 0.15) is 11.4 Å². The Hall–Kier alpha value is -6.12. The maximum Gasteiger partial charge on any atom is 0.354 e. The molecule has 14 heteroatoms. The molecule has 4 aromatic heterocycles. The molecule has 0 amide bonds. The summed E-state index contributed by atoms with van der Waals surface area (Å²) in [6, 6.07) is 29.9. The largest absolute Gasteiger partial charge is 0.477 e. The van der Waals surface area contributed by atoms with Crippen LogP contribution >= 0.6 is 0 Å². The molecule has 0 saturated carbocycles. The number of aromatic nitrogens is 8. The van der Waals surface area contributed by atoms with Gasteiger partial charge in [-0.05, 0) is 35.4 Å². The van der Waals surface area contributed by atoms with Gasteiger partial charge in [-0.1, -0.05) is 83.2 Å². The summed E-state index contributed by atoms with van der Waals surface area (Å²) >= 11 is 0. The van der Waals surface area contributed by atoms with E-state index in [2.05, 4.69) is 40.4 Å². The molecule has 0 aliphatic heterocycles.